The van der Waals surface area contributed by atoms with Crippen molar-refractivity contribution in [3.63, 3.8) is 0 Å². The predicted molar refractivity (Wildman–Crippen MR) is 107 cm³/mol. The predicted octanol–water partition coefficient (Wildman–Crippen LogP) is 5.05. The number of aromatic nitrogens is 2. The molecule has 0 unspecified atom stereocenters. The molecule has 0 saturated heterocycles. The van der Waals surface area contributed by atoms with Gasteiger partial charge in [0.1, 0.15) is 11.4 Å². The normalized spacial score (nSPS) is 11.6. The fourth-order valence-corrected chi connectivity index (χ4v) is 2.07. The van der Waals surface area contributed by atoms with Gasteiger partial charge in [-0.2, -0.15) is 39.5 Å². The topological polar surface area (TPSA) is 95.9 Å². The highest BCUT2D eigenvalue weighted by molar-refractivity contribution is 14.1. The summed E-state index contributed by atoms with van der Waals surface area (Å²) in [6.07, 6.45) is -10.8. The zero-order valence-electron chi connectivity index (χ0n) is 16.0. The molecule has 0 radical (unpaired) electrons. The first kappa shape index (κ1) is 29.0. The van der Waals surface area contributed by atoms with E-state index >= 15 is 0 Å². The Morgan fingerprint density at radius 1 is 0.706 bits per heavy atom. The van der Waals surface area contributed by atoms with Crippen molar-refractivity contribution in [1.29, 1.82) is 0 Å². The van der Waals surface area contributed by atoms with E-state index in [0.29, 0.717) is 24.5 Å². The minimum atomic E-state index is -4.58. The summed E-state index contributed by atoms with van der Waals surface area (Å²) in [5.74, 6) is -1.27. The molecule has 0 fully saturated rings. The van der Waals surface area contributed by atoms with E-state index in [0.717, 1.165) is 24.5 Å². The lowest BCUT2D eigenvalue weighted by atomic mass is 10.3. The monoisotopic (exact) mass is 616 g/mol. The molecular formula is C18H10F9IN2O4. The Balaban J connectivity index is 0.000000255. The van der Waals surface area contributed by atoms with Crippen molar-refractivity contribution < 1.29 is 43.9 Å². The van der Waals surface area contributed by atoms with Gasteiger partial charge in [0.15, 0.2) is 16.3 Å². The number of alkyl halides is 9. The number of halogens is 10. The molecule has 0 aliphatic carbocycles. The lowest BCUT2D eigenvalue weighted by Gasteiger charge is -2.04. The first-order chi connectivity index (χ1) is 15.4. The highest BCUT2D eigenvalue weighted by Gasteiger charge is 2.34. The smallest absolute Gasteiger partial charge is 0.449 e. The molecule has 0 aromatic carbocycles. The first-order valence-electron chi connectivity index (χ1n) is 8.28. The minimum Gasteiger partial charge on any atom is -0.459 e. The average molecular weight is 616 g/mol. The van der Waals surface area contributed by atoms with Crippen molar-refractivity contribution in [3.05, 3.63) is 100 Å². The van der Waals surface area contributed by atoms with Crippen molar-refractivity contribution in [1.82, 2.24) is 9.97 Å². The molecule has 16 heteroatoms. The van der Waals surface area contributed by atoms with Gasteiger partial charge in [0.25, 0.3) is 0 Å². The second kappa shape index (κ2) is 11.4. The second-order valence-corrected chi connectivity index (χ2v) is 6.98. The molecule has 0 spiro atoms. The molecule has 3 rings (SSSR count). The molecule has 186 valence electrons. The van der Waals surface area contributed by atoms with Crippen LogP contribution in [0.3, 0.4) is 0 Å². The van der Waals surface area contributed by atoms with Gasteiger partial charge in [-0.3, -0.25) is 14.4 Å². The summed E-state index contributed by atoms with van der Waals surface area (Å²) >= 11 is 1.66. The molecule has 3 heterocycles. The molecular weight excluding hydrogens is 606 g/mol. The zero-order chi connectivity index (χ0) is 26.3. The van der Waals surface area contributed by atoms with Crippen molar-refractivity contribution in [2.45, 2.75) is 18.5 Å². The van der Waals surface area contributed by atoms with Crippen molar-refractivity contribution in [2.75, 3.05) is 0 Å². The maximum absolute atomic E-state index is 11.9. The Morgan fingerprint density at radius 2 is 1.24 bits per heavy atom. The van der Waals surface area contributed by atoms with Gasteiger partial charge in [-0.25, -0.2) is 0 Å². The molecule has 2 N–H and O–H groups in total. The van der Waals surface area contributed by atoms with Crippen molar-refractivity contribution in [3.8, 4) is 0 Å². The van der Waals surface area contributed by atoms with Crippen LogP contribution in [0.15, 0.2) is 67.8 Å². The van der Waals surface area contributed by atoms with E-state index in [9.17, 15) is 53.9 Å². The van der Waals surface area contributed by atoms with Crippen LogP contribution < -0.4 is 16.3 Å². The standard InChI is InChI=1S/C6H3F3INO.C6H4F3NO.C6H3F3O2/c7-6(8,9)5-1-4(12)3(10)2-11-5;7-6(8,9)5-3-4(11)1-2-10-5;7-6(8,9)5-3-4(10)1-2-11-5/h1-2H,(H,11,12);1-3H,(H,10,11);1-3H. The minimum absolute atomic E-state index is 0.237. The summed E-state index contributed by atoms with van der Waals surface area (Å²) in [5, 5.41) is 0. The van der Waals surface area contributed by atoms with Crippen LogP contribution >= 0.6 is 22.6 Å². The SMILES string of the molecule is O=c1cc(C(F)(F)F)[nH]cc1I.O=c1cc[nH]c(C(F)(F)F)c1.O=c1ccoc(C(F)(F)F)c1. The zero-order valence-corrected chi connectivity index (χ0v) is 18.2. The van der Waals surface area contributed by atoms with E-state index < -0.39 is 52.0 Å². The molecule has 3 aromatic heterocycles. The van der Waals surface area contributed by atoms with Crippen LogP contribution in [0.25, 0.3) is 0 Å². The summed E-state index contributed by atoms with van der Waals surface area (Å²) < 4.78 is 111. The number of pyridine rings is 2. The maximum Gasteiger partial charge on any atom is 0.449 e. The van der Waals surface area contributed by atoms with Crippen molar-refractivity contribution >= 4 is 22.6 Å². The van der Waals surface area contributed by atoms with Gasteiger partial charge < -0.3 is 14.4 Å². The van der Waals surface area contributed by atoms with Gasteiger partial charge in [0.05, 0.1) is 9.83 Å². The molecule has 0 aliphatic rings. The summed E-state index contributed by atoms with van der Waals surface area (Å²) in [6.45, 7) is 0. The fourth-order valence-electron chi connectivity index (χ4n) is 1.76. The molecule has 0 amide bonds. The Kier molecular flexibility index (Phi) is 9.71. The van der Waals surface area contributed by atoms with E-state index in [1.54, 1.807) is 22.6 Å². The fraction of sp³-hybridized carbons (Fsp3) is 0.167. The van der Waals surface area contributed by atoms with Crippen LogP contribution in [0.4, 0.5) is 39.5 Å². The van der Waals surface area contributed by atoms with E-state index in [1.165, 1.54) is 0 Å². The number of aromatic amines is 2. The Labute approximate surface area is 195 Å². The maximum atomic E-state index is 11.9. The molecule has 3 aromatic rings. The van der Waals surface area contributed by atoms with Gasteiger partial charge in [-0.1, -0.05) is 0 Å². The average Bonchev–Trinajstić information content (AvgIpc) is 2.69. The summed E-state index contributed by atoms with van der Waals surface area (Å²) in [4.78, 5) is 35.5. The number of nitrogens with one attached hydrogen (secondary N) is 2. The summed E-state index contributed by atoms with van der Waals surface area (Å²) in [7, 11) is 0. The van der Waals surface area contributed by atoms with Crippen molar-refractivity contribution in [2.24, 2.45) is 0 Å². The summed E-state index contributed by atoms with van der Waals surface area (Å²) in [6, 6.07) is 3.40. The second-order valence-electron chi connectivity index (χ2n) is 5.82. The molecule has 0 aliphatic heterocycles. The highest BCUT2D eigenvalue weighted by atomic mass is 127. The Hall–Kier alpha value is -3.05. The quantitative estimate of drug-likeness (QED) is 0.273. The number of hydrogen-bond donors (Lipinski definition) is 2. The molecule has 34 heavy (non-hydrogen) atoms. The van der Waals surface area contributed by atoms with Crippen LogP contribution in [0, 0.1) is 3.57 Å². The Morgan fingerprint density at radius 3 is 1.62 bits per heavy atom. The molecule has 0 bridgehead atoms. The van der Waals surface area contributed by atoms with E-state index in [2.05, 4.69) is 4.42 Å². The van der Waals surface area contributed by atoms with Crippen LogP contribution in [0.1, 0.15) is 17.1 Å². The van der Waals surface area contributed by atoms with Gasteiger partial charge in [-0.05, 0) is 22.6 Å². The molecule has 6 nitrogen and oxygen atoms in total. The summed E-state index contributed by atoms with van der Waals surface area (Å²) in [5.41, 5.74) is -4.04. The van der Waals surface area contributed by atoms with E-state index in [4.69, 9.17) is 0 Å². The highest BCUT2D eigenvalue weighted by Crippen LogP contribution is 2.28. The lowest BCUT2D eigenvalue weighted by molar-refractivity contribution is -0.154. The van der Waals surface area contributed by atoms with Crippen LogP contribution in [-0.2, 0) is 18.5 Å². The largest absolute Gasteiger partial charge is 0.459 e. The first-order valence-corrected chi connectivity index (χ1v) is 9.36. The third-order valence-electron chi connectivity index (χ3n) is 3.23. The molecule has 0 saturated carbocycles. The van der Waals surface area contributed by atoms with Gasteiger partial charge >= 0.3 is 18.5 Å². The Bertz CT molecular complexity index is 1190. The van der Waals surface area contributed by atoms with Gasteiger partial charge in [-0.15, -0.1) is 0 Å². The third kappa shape index (κ3) is 9.84. The number of hydrogen-bond acceptors (Lipinski definition) is 4. The van der Waals surface area contributed by atoms with Gasteiger partial charge in [0, 0.05) is 42.7 Å². The van der Waals surface area contributed by atoms with E-state index in [-0.39, 0.29) is 3.57 Å². The number of H-pyrrole nitrogens is 2. The van der Waals surface area contributed by atoms with Crippen LogP contribution in [-0.4, -0.2) is 9.97 Å². The van der Waals surface area contributed by atoms with Gasteiger partial charge in [0.2, 0.25) is 5.76 Å². The van der Waals surface area contributed by atoms with Crippen LogP contribution in [0.5, 0.6) is 0 Å². The lowest BCUT2D eigenvalue weighted by Crippen LogP contribution is -2.14. The molecule has 0 atom stereocenters. The van der Waals surface area contributed by atoms with Crippen LogP contribution in [0.2, 0.25) is 0 Å². The van der Waals surface area contributed by atoms with E-state index in [1.807, 2.05) is 9.97 Å². The third-order valence-corrected chi connectivity index (χ3v) is 4.07. The number of rotatable bonds is 0.